The van der Waals surface area contributed by atoms with Gasteiger partial charge in [-0.2, -0.15) is 10.5 Å². The molecule has 0 bridgehead atoms. The quantitative estimate of drug-likeness (QED) is 0.178. The summed E-state index contributed by atoms with van der Waals surface area (Å²) in [5, 5.41) is 23.4. The molecule has 0 aliphatic carbocycles. The van der Waals surface area contributed by atoms with Gasteiger partial charge in [0.25, 0.3) is 0 Å². The van der Waals surface area contributed by atoms with Crippen LogP contribution in [-0.2, 0) is 9.68 Å². The van der Waals surface area contributed by atoms with Crippen molar-refractivity contribution in [3.05, 3.63) is 130 Å². The van der Waals surface area contributed by atoms with Gasteiger partial charge in [0.15, 0.2) is 23.0 Å². The predicted molar refractivity (Wildman–Crippen MR) is 178 cm³/mol. The van der Waals surface area contributed by atoms with Gasteiger partial charge < -0.3 is 9.47 Å². The maximum atomic E-state index is 9.99. The molecule has 46 heavy (non-hydrogen) atoms. The second-order valence-corrected chi connectivity index (χ2v) is 10.5. The lowest BCUT2D eigenvalue weighted by molar-refractivity contribution is 0.194. The third-order valence-corrected chi connectivity index (χ3v) is 7.75. The Bertz CT molecular complexity index is 1990. The Labute approximate surface area is 266 Å². The minimum Gasteiger partial charge on any atom is -0.453 e. The lowest BCUT2D eigenvalue weighted by atomic mass is 9.97. The first-order valence-corrected chi connectivity index (χ1v) is 14.4. The number of hydrogen-bond donors (Lipinski definition) is 0. The number of nitrogens with zero attached hydrogens (tertiary/aromatic N) is 4. The minimum atomic E-state index is 0.449. The van der Waals surface area contributed by atoms with Gasteiger partial charge in [-0.25, -0.2) is 10.1 Å². The Balaban J connectivity index is 1.15. The van der Waals surface area contributed by atoms with Crippen molar-refractivity contribution in [3.8, 4) is 35.1 Å². The molecule has 0 atom stereocenters. The molecule has 8 heteroatoms. The van der Waals surface area contributed by atoms with E-state index in [0.29, 0.717) is 45.3 Å². The molecular formula is C38H26N4O4. The average molecular weight is 603 g/mol. The summed E-state index contributed by atoms with van der Waals surface area (Å²) < 4.78 is 12.3. The Hall–Kier alpha value is -6.32. The fourth-order valence-electron chi connectivity index (χ4n) is 5.55. The molecule has 7 rings (SSSR count). The van der Waals surface area contributed by atoms with Crippen molar-refractivity contribution in [2.75, 3.05) is 24.3 Å². The van der Waals surface area contributed by atoms with Gasteiger partial charge >= 0.3 is 0 Å². The zero-order chi connectivity index (χ0) is 31.6. The zero-order valence-corrected chi connectivity index (χ0v) is 25.0. The maximum Gasteiger partial charge on any atom is 0.154 e. The Morgan fingerprint density at radius 1 is 0.522 bits per heavy atom. The van der Waals surface area contributed by atoms with Crippen LogP contribution in [-0.4, -0.2) is 14.2 Å². The number of para-hydroxylation sites is 4. The van der Waals surface area contributed by atoms with Gasteiger partial charge in [-0.15, -0.1) is 0 Å². The zero-order valence-electron chi connectivity index (χ0n) is 25.0. The Kier molecular flexibility index (Phi) is 7.42. The molecule has 5 aromatic rings. The molecule has 0 spiro atoms. The maximum absolute atomic E-state index is 9.99. The summed E-state index contributed by atoms with van der Waals surface area (Å²) in [6.07, 6.45) is 7.45. The third kappa shape index (κ3) is 5.10. The normalized spacial score (nSPS) is 12.8. The molecule has 0 saturated carbocycles. The number of fused-ring (bicyclic) bond motifs is 4. The van der Waals surface area contributed by atoms with E-state index in [1.807, 2.05) is 109 Å². The highest BCUT2D eigenvalue weighted by molar-refractivity contribution is 5.83. The van der Waals surface area contributed by atoms with E-state index in [-0.39, 0.29) is 0 Å². The van der Waals surface area contributed by atoms with Crippen molar-refractivity contribution < 1.29 is 19.1 Å². The Morgan fingerprint density at radius 2 is 0.935 bits per heavy atom. The highest BCUT2D eigenvalue weighted by Gasteiger charge is 2.25. The second kappa shape index (κ2) is 12.0. The van der Waals surface area contributed by atoms with Crippen molar-refractivity contribution in [2.45, 2.75) is 0 Å². The summed E-state index contributed by atoms with van der Waals surface area (Å²) in [5.41, 5.74) is 7.11. The number of ether oxygens (including phenoxy) is 2. The fourth-order valence-corrected chi connectivity index (χ4v) is 5.55. The summed E-state index contributed by atoms with van der Waals surface area (Å²) in [7, 11) is 3.23. The molecule has 0 aromatic heterocycles. The third-order valence-electron chi connectivity index (χ3n) is 7.75. The number of nitriles is 2. The van der Waals surface area contributed by atoms with E-state index in [1.54, 1.807) is 36.5 Å². The van der Waals surface area contributed by atoms with Gasteiger partial charge in [0.05, 0.1) is 37.5 Å². The van der Waals surface area contributed by atoms with E-state index in [4.69, 9.17) is 19.1 Å². The van der Waals surface area contributed by atoms with Gasteiger partial charge in [0.2, 0.25) is 0 Å². The molecule has 0 amide bonds. The van der Waals surface area contributed by atoms with Gasteiger partial charge in [-0.1, -0.05) is 60.7 Å². The molecule has 0 unspecified atom stereocenters. The molecule has 8 nitrogen and oxygen atoms in total. The van der Waals surface area contributed by atoms with Crippen LogP contribution in [0.4, 0.5) is 22.7 Å². The lowest BCUT2D eigenvalue weighted by Gasteiger charge is -2.30. The van der Waals surface area contributed by atoms with E-state index >= 15 is 0 Å². The van der Waals surface area contributed by atoms with E-state index in [2.05, 4.69) is 12.1 Å². The minimum absolute atomic E-state index is 0.449. The standard InChI is InChI=1S/C38H26N4O4/c1-43-41-31-7-3-5-9-35(31)45-37-19-25(13-17-33(37)41)11-15-27-21-30(24-40)28(22-29(27)23-39)16-12-26-14-18-34-38(20-26)46-36-10-6-4-8-32(36)42(34)44-2/h3-22H,1-2H3/b15-11+,16-12+. The number of hydrogen-bond acceptors (Lipinski definition) is 8. The SMILES string of the molecule is CON1c2ccccc2Oc2cc(/C=C/c3cc(C#N)c(/C=C/c4ccc5c(c4)Oc4ccccc4N5OC)cc3C#N)ccc21. The first-order chi connectivity index (χ1) is 22.6. The molecule has 222 valence electrons. The second-order valence-electron chi connectivity index (χ2n) is 10.5. The van der Waals surface area contributed by atoms with Gasteiger partial charge in [-0.3, -0.25) is 9.68 Å². The summed E-state index contributed by atoms with van der Waals surface area (Å²) in [5.74, 6) is 2.68. The van der Waals surface area contributed by atoms with E-state index in [9.17, 15) is 10.5 Å². The molecule has 0 N–H and O–H groups in total. The summed E-state index contributed by atoms with van der Waals surface area (Å²) in [4.78, 5) is 11.2. The average Bonchev–Trinajstić information content (AvgIpc) is 3.10. The van der Waals surface area contributed by atoms with Crippen LogP contribution in [0.1, 0.15) is 33.4 Å². The van der Waals surface area contributed by atoms with E-state index in [0.717, 1.165) is 33.9 Å². The van der Waals surface area contributed by atoms with Crippen molar-refractivity contribution in [1.82, 2.24) is 0 Å². The molecule has 0 radical (unpaired) electrons. The van der Waals surface area contributed by atoms with E-state index in [1.165, 1.54) is 0 Å². The van der Waals surface area contributed by atoms with Crippen LogP contribution in [0.25, 0.3) is 24.3 Å². The molecule has 2 heterocycles. The number of anilines is 4. The predicted octanol–water partition coefficient (Wildman–Crippen LogP) is 9.38. The van der Waals surface area contributed by atoms with Gasteiger partial charge in [-0.05, 0) is 82.9 Å². The summed E-state index contributed by atoms with van der Waals surface area (Å²) >= 11 is 0. The van der Waals surface area contributed by atoms with Gasteiger partial charge in [0.1, 0.15) is 22.7 Å². The van der Waals surface area contributed by atoms with Crippen LogP contribution in [0.3, 0.4) is 0 Å². The molecule has 2 aliphatic rings. The van der Waals surface area contributed by atoms with Crippen LogP contribution in [0.2, 0.25) is 0 Å². The molecule has 0 saturated heterocycles. The molecule has 5 aromatic carbocycles. The number of benzene rings is 5. The van der Waals surface area contributed by atoms with Crippen LogP contribution in [0, 0.1) is 22.7 Å². The van der Waals surface area contributed by atoms with Crippen molar-refractivity contribution in [3.63, 3.8) is 0 Å². The summed E-state index contributed by atoms with van der Waals surface area (Å²) in [6.45, 7) is 0. The highest BCUT2D eigenvalue weighted by Crippen LogP contribution is 2.48. The van der Waals surface area contributed by atoms with Crippen LogP contribution in [0.5, 0.6) is 23.0 Å². The topological polar surface area (TPSA) is 91.0 Å². The first kappa shape index (κ1) is 28.5. The van der Waals surface area contributed by atoms with Crippen LogP contribution < -0.4 is 19.6 Å². The Morgan fingerprint density at radius 3 is 1.35 bits per heavy atom. The largest absolute Gasteiger partial charge is 0.453 e. The van der Waals surface area contributed by atoms with Gasteiger partial charge in [0, 0.05) is 0 Å². The van der Waals surface area contributed by atoms with Crippen LogP contribution >= 0.6 is 0 Å². The smallest absolute Gasteiger partial charge is 0.154 e. The van der Waals surface area contributed by atoms with Crippen LogP contribution in [0.15, 0.2) is 97.1 Å². The summed E-state index contributed by atoms with van der Waals surface area (Å²) in [6, 6.07) is 34.9. The fraction of sp³-hybridized carbons (Fsp3) is 0.0526. The monoisotopic (exact) mass is 602 g/mol. The van der Waals surface area contributed by atoms with Crippen molar-refractivity contribution in [1.29, 1.82) is 10.5 Å². The van der Waals surface area contributed by atoms with E-state index < -0.39 is 0 Å². The first-order valence-electron chi connectivity index (χ1n) is 14.4. The molecular weight excluding hydrogens is 576 g/mol. The van der Waals surface area contributed by atoms with Crippen molar-refractivity contribution >= 4 is 47.1 Å². The highest BCUT2D eigenvalue weighted by atomic mass is 16.7. The molecule has 0 fully saturated rings. The molecule has 2 aliphatic heterocycles. The number of rotatable bonds is 6. The lowest BCUT2D eigenvalue weighted by Crippen LogP contribution is -2.19. The van der Waals surface area contributed by atoms with Crippen molar-refractivity contribution in [2.24, 2.45) is 0 Å².